The fourth-order valence-electron chi connectivity index (χ4n) is 8.13. The van der Waals surface area contributed by atoms with E-state index in [9.17, 15) is 0 Å². The number of nitrogens with zero attached hydrogens (tertiary/aromatic N) is 2. The lowest BCUT2D eigenvalue weighted by atomic mass is 10.0. The Kier molecular flexibility index (Phi) is 36.5. The molecule has 1 unspecified atom stereocenters. The average Bonchev–Trinajstić information content (AvgIpc) is 3.50. The van der Waals surface area contributed by atoms with Crippen LogP contribution in [0.1, 0.15) is 271 Å². The Labute approximate surface area is 311 Å². The molecule has 0 spiro atoms. The van der Waals surface area contributed by atoms with Gasteiger partial charge in [0, 0.05) is 25.5 Å². The highest BCUT2D eigenvalue weighted by molar-refractivity contribution is 4.97. The maximum absolute atomic E-state index is 2.73. The summed E-state index contributed by atoms with van der Waals surface area (Å²) >= 11 is 0. The van der Waals surface area contributed by atoms with Gasteiger partial charge in [0.2, 0.25) is 0 Å². The monoisotopic (exact) mass is 687 g/mol. The van der Waals surface area contributed by atoms with E-state index in [1.54, 1.807) is 0 Å². The van der Waals surface area contributed by atoms with E-state index in [0.29, 0.717) is 6.17 Å². The van der Waals surface area contributed by atoms with Gasteiger partial charge in [0.25, 0.3) is 0 Å². The number of unbranched alkanes of at least 4 members (excludes halogenated alkanes) is 35. The van der Waals surface area contributed by atoms with E-state index < -0.39 is 0 Å². The minimum atomic E-state index is 0.638. The van der Waals surface area contributed by atoms with Gasteiger partial charge in [-0.05, 0) is 25.7 Å². The zero-order chi connectivity index (χ0) is 35.1. The number of hydrogen-bond donors (Lipinski definition) is 0. The number of hydrogen-bond acceptors (Lipinski definition) is 2. The average molecular weight is 687 g/mol. The second kappa shape index (κ2) is 38.6. The molecule has 1 rings (SSSR count). The van der Waals surface area contributed by atoms with Crippen LogP contribution >= 0.6 is 0 Å². The molecule has 0 saturated carbocycles. The van der Waals surface area contributed by atoms with Crippen molar-refractivity contribution in [2.75, 3.05) is 13.1 Å². The van der Waals surface area contributed by atoms with Gasteiger partial charge in [0.05, 0.1) is 0 Å². The molecular formula is C47H94N2. The third-order valence-corrected chi connectivity index (χ3v) is 11.6. The second-order valence-corrected chi connectivity index (χ2v) is 16.4. The predicted octanol–water partition coefficient (Wildman–Crippen LogP) is 16.7. The fourth-order valence-corrected chi connectivity index (χ4v) is 8.13. The van der Waals surface area contributed by atoms with Crippen LogP contribution in [0.4, 0.5) is 0 Å². The van der Waals surface area contributed by atoms with Crippen LogP contribution in [0.2, 0.25) is 0 Å². The molecule has 0 amide bonds. The lowest BCUT2D eigenvalue weighted by Gasteiger charge is -2.33. The molecule has 49 heavy (non-hydrogen) atoms. The van der Waals surface area contributed by atoms with Crippen molar-refractivity contribution in [1.82, 2.24) is 9.80 Å². The molecule has 0 aliphatic carbocycles. The SMILES string of the molecule is CCCCCCCCCCCCCCCCCCCN1C=CN(CCCCCCCCCCCCCCCC)C1CCCCCCCCC. The van der Waals surface area contributed by atoms with Crippen LogP contribution in [0.15, 0.2) is 12.4 Å². The summed E-state index contributed by atoms with van der Waals surface area (Å²) in [6, 6.07) is 0. The Morgan fingerprint density at radius 2 is 0.469 bits per heavy atom. The van der Waals surface area contributed by atoms with Gasteiger partial charge in [0.15, 0.2) is 0 Å². The summed E-state index contributed by atoms with van der Waals surface area (Å²) in [5.74, 6) is 0. The predicted molar refractivity (Wildman–Crippen MR) is 223 cm³/mol. The molecule has 1 aliphatic rings. The molecular weight excluding hydrogens is 593 g/mol. The first kappa shape index (κ1) is 46.4. The van der Waals surface area contributed by atoms with Gasteiger partial charge < -0.3 is 9.80 Å². The molecule has 2 nitrogen and oxygen atoms in total. The molecule has 0 fully saturated rings. The zero-order valence-electron chi connectivity index (χ0n) is 34.6. The summed E-state index contributed by atoms with van der Waals surface area (Å²) in [6.45, 7) is 9.49. The first-order valence-electron chi connectivity index (χ1n) is 23.5. The lowest BCUT2D eigenvalue weighted by Crippen LogP contribution is -2.39. The van der Waals surface area contributed by atoms with Crippen molar-refractivity contribution in [1.29, 1.82) is 0 Å². The van der Waals surface area contributed by atoms with E-state index in [1.165, 1.54) is 264 Å². The van der Waals surface area contributed by atoms with Crippen LogP contribution in [0.25, 0.3) is 0 Å². The summed E-state index contributed by atoms with van der Waals surface area (Å²) < 4.78 is 0. The minimum absolute atomic E-state index is 0.638. The first-order chi connectivity index (χ1) is 24.3. The maximum atomic E-state index is 2.73. The highest BCUT2D eigenvalue weighted by atomic mass is 15.4. The normalized spacial score (nSPS) is 14.6. The summed E-state index contributed by atoms with van der Waals surface area (Å²) in [4.78, 5) is 5.46. The topological polar surface area (TPSA) is 6.48 Å². The molecule has 0 N–H and O–H groups in total. The third-order valence-electron chi connectivity index (χ3n) is 11.6. The summed E-state index contributed by atoms with van der Waals surface area (Å²) in [5.41, 5.74) is 0. The maximum Gasteiger partial charge on any atom is 0.101 e. The highest BCUT2D eigenvalue weighted by Gasteiger charge is 2.24. The largest absolute Gasteiger partial charge is 0.356 e. The lowest BCUT2D eigenvalue weighted by molar-refractivity contribution is 0.135. The molecule has 0 aromatic rings. The Hall–Kier alpha value is -0.660. The first-order valence-corrected chi connectivity index (χ1v) is 23.5. The van der Waals surface area contributed by atoms with Crippen molar-refractivity contribution >= 4 is 0 Å². The molecule has 292 valence electrons. The van der Waals surface area contributed by atoms with E-state index in [2.05, 4.69) is 43.0 Å². The fraction of sp³-hybridized carbons (Fsp3) is 0.957. The molecule has 0 aromatic carbocycles. The van der Waals surface area contributed by atoms with Gasteiger partial charge in [-0.3, -0.25) is 0 Å². The Balaban J connectivity index is 2.12. The Morgan fingerprint density at radius 3 is 0.714 bits per heavy atom. The van der Waals surface area contributed by atoms with Gasteiger partial charge >= 0.3 is 0 Å². The zero-order valence-corrected chi connectivity index (χ0v) is 34.6. The Bertz CT molecular complexity index is 644. The van der Waals surface area contributed by atoms with Crippen molar-refractivity contribution in [2.45, 2.75) is 277 Å². The van der Waals surface area contributed by atoms with Gasteiger partial charge in [-0.2, -0.15) is 0 Å². The van der Waals surface area contributed by atoms with Crippen molar-refractivity contribution in [3.05, 3.63) is 12.4 Å². The molecule has 0 aromatic heterocycles. The van der Waals surface area contributed by atoms with E-state index in [0.717, 1.165) is 0 Å². The van der Waals surface area contributed by atoms with Crippen LogP contribution in [-0.4, -0.2) is 29.1 Å². The molecule has 0 radical (unpaired) electrons. The van der Waals surface area contributed by atoms with E-state index in [4.69, 9.17) is 0 Å². The highest BCUT2D eigenvalue weighted by Crippen LogP contribution is 2.24. The molecule has 1 heterocycles. The van der Waals surface area contributed by atoms with Crippen LogP contribution < -0.4 is 0 Å². The van der Waals surface area contributed by atoms with Crippen LogP contribution in [-0.2, 0) is 0 Å². The molecule has 2 heteroatoms. The molecule has 0 bridgehead atoms. The molecule has 1 aliphatic heterocycles. The summed E-state index contributed by atoms with van der Waals surface area (Å²) in [6.07, 6.45) is 61.9. The second-order valence-electron chi connectivity index (χ2n) is 16.4. The standard InChI is InChI=1S/C47H94N2/c1-4-7-10-13-16-18-20-22-24-25-26-28-30-32-35-38-41-44-49-46-45-48(47(49)42-39-36-33-15-12-9-6-3)43-40-37-34-31-29-27-23-21-19-17-14-11-8-5-2/h45-47H,4-44H2,1-3H3. The van der Waals surface area contributed by atoms with Crippen LogP contribution in [0, 0.1) is 0 Å². The molecule has 0 saturated heterocycles. The smallest absolute Gasteiger partial charge is 0.101 e. The van der Waals surface area contributed by atoms with Crippen molar-refractivity contribution in [2.24, 2.45) is 0 Å². The Morgan fingerprint density at radius 1 is 0.265 bits per heavy atom. The van der Waals surface area contributed by atoms with Gasteiger partial charge in [-0.25, -0.2) is 0 Å². The third kappa shape index (κ3) is 30.7. The minimum Gasteiger partial charge on any atom is -0.356 e. The van der Waals surface area contributed by atoms with Crippen LogP contribution in [0.3, 0.4) is 0 Å². The van der Waals surface area contributed by atoms with Gasteiger partial charge in [-0.1, -0.05) is 245 Å². The van der Waals surface area contributed by atoms with Gasteiger partial charge in [0.1, 0.15) is 6.17 Å². The summed E-state index contributed by atoms with van der Waals surface area (Å²) in [5, 5.41) is 0. The van der Waals surface area contributed by atoms with Crippen LogP contribution in [0.5, 0.6) is 0 Å². The van der Waals surface area contributed by atoms with Crippen molar-refractivity contribution in [3.8, 4) is 0 Å². The van der Waals surface area contributed by atoms with E-state index in [1.807, 2.05) is 0 Å². The quantitative estimate of drug-likeness (QED) is 0.0591. The van der Waals surface area contributed by atoms with Gasteiger partial charge in [-0.15, -0.1) is 0 Å². The van der Waals surface area contributed by atoms with Crippen molar-refractivity contribution < 1.29 is 0 Å². The van der Waals surface area contributed by atoms with E-state index >= 15 is 0 Å². The van der Waals surface area contributed by atoms with Crippen molar-refractivity contribution in [3.63, 3.8) is 0 Å². The molecule has 1 atom stereocenters. The summed E-state index contributed by atoms with van der Waals surface area (Å²) in [7, 11) is 0. The van der Waals surface area contributed by atoms with E-state index in [-0.39, 0.29) is 0 Å². The number of rotatable bonds is 41.